The molecule has 2 rings (SSSR count). The number of sulfonamides is 1. The molecule has 0 bridgehead atoms. The Morgan fingerprint density at radius 3 is 2.76 bits per heavy atom. The van der Waals surface area contributed by atoms with Crippen molar-refractivity contribution in [3.63, 3.8) is 0 Å². The molecule has 1 aliphatic carbocycles. The van der Waals surface area contributed by atoms with Crippen molar-refractivity contribution in [2.45, 2.75) is 30.7 Å². The van der Waals surface area contributed by atoms with Gasteiger partial charge < -0.3 is 10.1 Å². The number of anilines is 1. The van der Waals surface area contributed by atoms with Crippen LogP contribution >= 0.6 is 0 Å². The summed E-state index contributed by atoms with van der Waals surface area (Å²) in [5, 5.41) is 3.11. The largest absolute Gasteiger partial charge is 0.382 e. The number of benzene rings is 1. The molecule has 116 valence electrons. The highest BCUT2D eigenvalue weighted by Gasteiger charge is 2.29. The molecule has 6 heteroatoms. The molecule has 1 aromatic carbocycles. The SMILES string of the molecule is C=C(C)COCCNc1ccccc1S(=O)(=O)NC1CC1. The maximum absolute atomic E-state index is 12.3. The van der Waals surface area contributed by atoms with Crippen molar-refractivity contribution in [2.24, 2.45) is 0 Å². The third kappa shape index (κ3) is 5.15. The first-order chi connectivity index (χ1) is 9.99. The summed E-state index contributed by atoms with van der Waals surface area (Å²) in [5.41, 5.74) is 1.57. The summed E-state index contributed by atoms with van der Waals surface area (Å²) in [6.07, 6.45) is 1.84. The molecule has 0 amide bonds. The van der Waals surface area contributed by atoms with Gasteiger partial charge in [0.25, 0.3) is 0 Å². The summed E-state index contributed by atoms with van der Waals surface area (Å²) in [6, 6.07) is 7.02. The van der Waals surface area contributed by atoms with Crippen molar-refractivity contribution < 1.29 is 13.2 Å². The smallest absolute Gasteiger partial charge is 0.242 e. The first kappa shape index (κ1) is 16.0. The van der Waals surface area contributed by atoms with Gasteiger partial charge in [0.2, 0.25) is 10.0 Å². The molecule has 0 heterocycles. The van der Waals surface area contributed by atoms with Gasteiger partial charge in [-0.3, -0.25) is 0 Å². The van der Waals surface area contributed by atoms with Crippen molar-refractivity contribution in [1.29, 1.82) is 0 Å². The van der Waals surface area contributed by atoms with Gasteiger partial charge in [-0.2, -0.15) is 0 Å². The maximum atomic E-state index is 12.3. The highest BCUT2D eigenvalue weighted by atomic mass is 32.2. The molecule has 0 atom stereocenters. The number of hydrogen-bond acceptors (Lipinski definition) is 4. The molecule has 5 nitrogen and oxygen atoms in total. The van der Waals surface area contributed by atoms with Crippen molar-refractivity contribution in [1.82, 2.24) is 4.72 Å². The lowest BCUT2D eigenvalue weighted by Gasteiger charge is -2.13. The van der Waals surface area contributed by atoms with E-state index < -0.39 is 10.0 Å². The first-order valence-electron chi connectivity index (χ1n) is 7.06. The Morgan fingerprint density at radius 1 is 1.38 bits per heavy atom. The van der Waals surface area contributed by atoms with Gasteiger partial charge in [0.1, 0.15) is 4.90 Å². The normalized spacial score (nSPS) is 14.9. The van der Waals surface area contributed by atoms with Crippen LogP contribution in [0.15, 0.2) is 41.3 Å². The molecule has 1 aliphatic rings. The second kappa shape index (κ2) is 7.06. The molecule has 0 unspecified atom stereocenters. The third-order valence-corrected chi connectivity index (χ3v) is 4.56. The second-order valence-electron chi connectivity index (χ2n) is 5.33. The molecular weight excluding hydrogens is 288 g/mol. The fourth-order valence-corrected chi connectivity index (χ4v) is 3.32. The van der Waals surface area contributed by atoms with E-state index in [2.05, 4.69) is 16.6 Å². The Balaban J connectivity index is 1.94. The lowest BCUT2D eigenvalue weighted by atomic mass is 10.3. The lowest BCUT2D eigenvalue weighted by molar-refractivity contribution is 0.167. The summed E-state index contributed by atoms with van der Waals surface area (Å²) in [5.74, 6) is 0. The Bertz CT molecular complexity index is 595. The minimum Gasteiger partial charge on any atom is -0.382 e. The standard InChI is InChI=1S/C15H22N2O3S/c1-12(2)11-20-10-9-16-14-5-3-4-6-15(14)21(18,19)17-13-7-8-13/h3-6,13,16-17H,1,7-11H2,2H3. The van der Waals surface area contributed by atoms with Gasteiger partial charge in [-0.25, -0.2) is 13.1 Å². The van der Waals surface area contributed by atoms with Gasteiger partial charge in [0.05, 0.1) is 18.9 Å². The van der Waals surface area contributed by atoms with Crippen LogP contribution in [0.2, 0.25) is 0 Å². The van der Waals surface area contributed by atoms with Crippen molar-refractivity contribution >= 4 is 15.7 Å². The van der Waals surface area contributed by atoms with Crippen molar-refractivity contribution in [3.05, 3.63) is 36.4 Å². The molecule has 0 spiro atoms. The van der Waals surface area contributed by atoms with Gasteiger partial charge in [-0.15, -0.1) is 0 Å². The summed E-state index contributed by atoms with van der Waals surface area (Å²) in [4.78, 5) is 0.289. The highest BCUT2D eigenvalue weighted by molar-refractivity contribution is 7.89. The van der Waals surface area contributed by atoms with E-state index in [0.29, 0.717) is 25.4 Å². The van der Waals surface area contributed by atoms with Crippen LogP contribution in [-0.4, -0.2) is 34.2 Å². The molecule has 1 aromatic rings. The molecule has 2 N–H and O–H groups in total. The zero-order chi connectivity index (χ0) is 15.3. The quantitative estimate of drug-likeness (QED) is 0.541. The number of ether oxygens (including phenoxy) is 1. The molecule has 0 aromatic heterocycles. The summed E-state index contributed by atoms with van der Waals surface area (Å²) in [6.45, 7) is 7.22. The van der Waals surface area contributed by atoms with Gasteiger partial charge in [-0.1, -0.05) is 24.3 Å². The molecule has 0 radical (unpaired) electrons. The molecular formula is C15H22N2O3S. The Kier molecular flexibility index (Phi) is 5.39. The van der Waals surface area contributed by atoms with E-state index in [-0.39, 0.29) is 10.9 Å². The predicted octanol–water partition coefficient (Wildman–Crippen LogP) is 2.13. The third-order valence-electron chi connectivity index (χ3n) is 2.99. The minimum absolute atomic E-state index is 0.0990. The van der Waals surface area contributed by atoms with E-state index in [1.165, 1.54) is 0 Å². The van der Waals surface area contributed by atoms with Crippen LogP contribution in [-0.2, 0) is 14.8 Å². The highest BCUT2D eigenvalue weighted by Crippen LogP contribution is 2.25. The molecule has 1 fully saturated rings. The maximum Gasteiger partial charge on any atom is 0.242 e. The van der Waals surface area contributed by atoms with E-state index in [1.807, 2.05) is 13.0 Å². The van der Waals surface area contributed by atoms with E-state index in [4.69, 9.17) is 4.74 Å². The Morgan fingerprint density at radius 2 is 2.10 bits per heavy atom. The van der Waals surface area contributed by atoms with E-state index in [1.54, 1.807) is 18.2 Å². The van der Waals surface area contributed by atoms with E-state index in [9.17, 15) is 8.42 Å². The van der Waals surface area contributed by atoms with Crippen LogP contribution in [0.4, 0.5) is 5.69 Å². The Labute approximate surface area is 126 Å². The molecule has 0 aliphatic heterocycles. The lowest BCUT2D eigenvalue weighted by Crippen LogP contribution is -2.26. The number of nitrogens with one attached hydrogen (secondary N) is 2. The molecule has 0 saturated heterocycles. The fraction of sp³-hybridized carbons (Fsp3) is 0.467. The van der Waals surface area contributed by atoms with Crippen LogP contribution in [0.3, 0.4) is 0 Å². The van der Waals surface area contributed by atoms with E-state index >= 15 is 0 Å². The fourth-order valence-electron chi connectivity index (χ4n) is 1.84. The second-order valence-corrected chi connectivity index (χ2v) is 7.01. The van der Waals surface area contributed by atoms with Crippen LogP contribution in [0.5, 0.6) is 0 Å². The number of para-hydroxylation sites is 1. The number of rotatable bonds is 9. The first-order valence-corrected chi connectivity index (χ1v) is 8.55. The van der Waals surface area contributed by atoms with Gasteiger partial charge in [0.15, 0.2) is 0 Å². The molecule has 1 saturated carbocycles. The average molecular weight is 310 g/mol. The van der Waals surface area contributed by atoms with E-state index in [0.717, 1.165) is 18.4 Å². The molecule has 21 heavy (non-hydrogen) atoms. The minimum atomic E-state index is -3.45. The van der Waals surface area contributed by atoms with Crippen LogP contribution in [0.1, 0.15) is 19.8 Å². The van der Waals surface area contributed by atoms with Gasteiger partial charge >= 0.3 is 0 Å². The summed E-state index contributed by atoms with van der Waals surface area (Å²) in [7, 11) is -3.45. The predicted molar refractivity (Wildman–Crippen MR) is 83.9 cm³/mol. The monoisotopic (exact) mass is 310 g/mol. The van der Waals surface area contributed by atoms with Crippen molar-refractivity contribution in [3.8, 4) is 0 Å². The van der Waals surface area contributed by atoms with Crippen LogP contribution in [0, 0.1) is 0 Å². The van der Waals surface area contributed by atoms with Crippen LogP contribution < -0.4 is 10.0 Å². The summed E-state index contributed by atoms with van der Waals surface area (Å²) >= 11 is 0. The number of hydrogen-bond donors (Lipinski definition) is 2. The van der Waals surface area contributed by atoms with Gasteiger partial charge in [0, 0.05) is 12.6 Å². The average Bonchev–Trinajstić information content (AvgIpc) is 3.21. The summed E-state index contributed by atoms with van der Waals surface area (Å²) < 4.78 is 32.7. The topological polar surface area (TPSA) is 67.4 Å². The van der Waals surface area contributed by atoms with Gasteiger partial charge in [-0.05, 0) is 31.9 Å². The Hall–Kier alpha value is -1.37. The zero-order valence-electron chi connectivity index (χ0n) is 12.3. The van der Waals surface area contributed by atoms with Crippen LogP contribution in [0.25, 0.3) is 0 Å². The zero-order valence-corrected chi connectivity index (χ0v) is 13.1. The van der Waals surface area contributed by atoms with Crippen molar-refractivity contribution in [2.75, 3.05) is 25.1 Å².